The number of carbonyl (C=O) groups excluding carboxylic acids is 1. The Labute approximate surface area is 131 Å². The van der Waals surface area contributed by atoms with E-state index in [0.717, 1.165) is 5.56 Å². The lowest BCUT2D eigenvalue weighted by Crippen LogP contribution is -2.27. The fourth-order valence-corrected chi connectivity index (χ4v) is 2.32. The highest BCUT2D eigenvalue weighted by Gasteiger charge is 2.10. The molecule has 2 N–H and O–H groups in total. The van der Waals surface area contributed by atoms with Gasteiger partial charge in [0, 0.05) is 11.6 Å². The molecule has 0 aliphatic rings. The van der Waals surface area contributed by atoms with E-state index in [0.29, 0.717) is 22.5 Å². The van der Waals surface area contributed by atoms with E-state index in [1.54, 1.807) is 42.5 Å². The van der Waals surface area contributed by atoms with E-state index in [1.165, 1.54) is 0 Å². The van der Waals surface area contributed by atoms with Gasteiger partial charge in [0.15, 0.2) is 5.82 Å². The van der Waals surface area contributed by atoms with Gasteiger partial charge in [0.05, 0.1) is 10.9 Å². The maximum absolute atomic E-state index is 12.1. The standard InChI is InChI=1S/C16H12ClN3O2/c17-11-5-3-4-10(8-11)9-18-16(22)14-19-13-7-2-1-6-12(13)15(21)20-14/h1-8H,9H2,(H,18,22)(H,19,20,21). The number of hydrogen-bond donors (Lipinski definition) is 2. The zero-order valence-electron chi connectivity index (χ0n) is 11.5. The number of fused-ring (bicyclic) bond motifs is 1. The van der Waals surface area contributed by atoms with Crippen LogP contribution < -0.4 is 10.9 Å². The van der Waals surface area contributed by atoms with E-state index < -0.39 is 5.91 Å². The molecule has 0 fully saturated rings. The Morgan fingerprint density at radius 3 is 2.82 bits per heavy atom. The molecule has 0 unspecified atom stereocenters. The number of H-pyrrole nitrogens is 1. The first kappa shape index (κ1) is 14.3. The molecule has 2 aromatic carbocycles. The monoisotopic (exact) mass is 313 g/mol. The maximum atomic E-state index is 12.1. The summed E-state index contributed by atoms with van der Waals surface area (Å²) >= 11 is 5.89. The number of rotatable bonds is 3. The molecule has 110 valence electrons. The second kappa shape index (κ2) is 5.99. The van der Waals surface area contributed by atoms with Gasteiger partial charge < -0.3 is 10.3 Å². The Kier molecular flexibility index (Phi) is 3.89. The number of carbonyl (C=O) groups is 1. The summed E-state index contributed by atoms with van der Waals surface area (Å²) in [5, 5.41) is 3.76. The number of benzene rings is 2. The van der Waals surface area contributed by atoms with Crippen molar-refractivity contribution >= 4 is 28.4 Å². The van der Waals surface area contributed by atoms with Gasteiger partial charge in [-0.15, -0.1) is 0 Å². The summed E-state index contributed by atoms with van der Waals surface area (Å²) in [7, 11) is 0. The minimum absolute atomic E-state index is 0.00859. The Balaban J connectivity index is 1.82. The fourth-order valence-electron chi connectivity index (χ4n) is 2.11. The van der Waals surface area contributed by atoms with Crippen molar-refractivity contribution in [3.63, 3.8) is 0 Å². The predicted molar refractivity (Wildman–Crippen MR) is 85.0 cm³/mol. The van der Waals surface area contributed by atoms with Crippen LogP contribution in [0.1, 0.15) is 16.2 Å². The first-order chi connectivity index (χ1) is 10.6. The van der Waals surface area contributed by atoms with Crippen molar-refractivity contribution in [1.29, 1.82) is 0 Å². The highest BCUT2D eigenvalue weighted by molar-refractivity contribution is 6.30. The summed E-state index contributed by atoms with van der Waals surface area (Å²) in [4.78, 5) is 30.7. The third-order valence-electron chi connectivity index (χ3n) is 3.17. The summed E-state index contributed by atoms with van der Waals surface area (Å²) in [6.45, 7) is 0.302. The Bertz CT molecular complexity index is 905. The zero-order valence-corrected chi connectivity index (χ0v) is 12.2. The molecule has 3 rings (SSSR count). The van der Waals surface area contributed by atoms with Crippen LogP contribution in [0.3, 0.4) is 0 Å². The van der Waals surface area contributed by atoms with Gasteiger partial charge in [0.1, 0.15) is 0 Å². The van der Waals surface area contributed by atoms with Crippen molar-refractivity contribution in [2.45, 2.75) is 6.54 Å². The smallest absolute Gasteiger partial charge is 0.287 e. The van der Waals surface area contributed by atoms with Crippen LogP contribution in [0.4, 0.5) is 0 Å². The lowest BCUT2D eigenvalue weighted by Gasteiger charge is -2.06. The molecule has 6 heteroatoms. The summed E-state index contributed by atoms with van der Waals surface area (Å²) in [5.74, 6) is -0.450. The molecule has 1 amide bonds. The second-order valence-corrected chi connectivity index (χ2v) is 5.18. The van der Waals surface area contributed by atoms with Gasteiger partial charge in [-0.2, -0.15) is 0 Å². The molecule has 0 saturated carbocycles. The van der Waals surface area contributed by atoms with Crippen LogP contribution in [-0.2, 0) is 6.54 Å². The van der Waals surface area contributed by atoms with Crippen LogP contribution in [0.25, 0.3) is 10.9 Å². The number of amides is 1. The van der Waals surface area contributed by atoms with Gasteiger partial charge in [-0.05, 0) is 29.8 Å². The minimum atomic E-state index is -0.442. The second-order valence-electron chi connectivity index (χ2n) is 4.74. The summed E-state index contributed by atoms with van der Waals surface area (Å²) in [6.07, 6.45) is 0. The molecule has 0 radical (unpaired) electrons. The predicted octanol–water partition coefficient (Wildman–Crippen LogP) is 2.51. The molecular weight excluding hydrogens is 302 g/mol. The third kappa shape index (κ3) is 2.99. The van der Waals surface area contributed by atoms with Crippen molar-refractivity contribution in [3.8, 4) is 0 Å². The van der Waals surface area contributed by atoms with Gasteiger partial charge in [-0.1, -0.05) is 35.9 Å². The first-order valence-corrected chi connectivity index (χ1v) is 7.03. The Morgan fingerprint density at radius 1 is 1.18 bits per heavy atom. The van der Waals surface area contributed by atoms with Crippen LogP contribution in [-0.4, -0.2) is 15.9 Å². The Hall–Kier alpha value is -2.66. The third-order valence-corrected chi connectivity index (χ3v) is 3.41. The number of nitrogens with one attached hydrogen (secondary N) is 2. The largest absolute Gasteiger partial charge is 0.345 e. The van der Waals surface area contributed by atoms with Crippen molar-refractivity contribution < 1.29 is 4.79 Å². The highest BCUT2D eigenvalue weighted by atomic mass is 35.5. The van der Waals surface area contributed by atoms with E-state index in [1.807, 2.05) is 6.07 Å². The summed E-state index contributed by atoms with van der Waals surface area (Å²) in [5.41, 5.74) is 1.02. The molecule has 1 aromatic heterocycles. The zero-order chi connectivity index (χ0) is 15.5. The molecule has 0 aliphatic carbocycles. The molecule has 0 saturated heterocycles. The summed E-state index contributed by atoms with van der Waals surface area (Å²) in [6, 6.07) is 14.0. The molecule has 0 atom stereocenters. The number of nitrogens with zero attached hydrogens (tertiary/aromatic N) is 1. The molecule has 3 aromatic rings. The number of hydrogen-bond acceptors (Lipinski definition) is 3. The fraction of sp³-hybridized carbons (Fsp3) is 0.0625. The molecule has 0 bridgehead atoms. The van der Waals surface area contributed by atoms with Crippen LogP contribution in [0.5, 0.6) is 0 Å². The van der Waals surface area contributed by atoms with E-state index >= 15 is 0 Å². The van der Waals surface area contributed by atoms with Crippen LogP contribution in [0.15, 0.2) is 53.3 Å². The number of aromatic amines is 1. The van der Waals surface area contributed by atoms with E-state index in [2.05, 4.69) is 15.3 Å². The molecule has 1 heterocycles. The van der Waals surface area contributed by atoms with Gasteiger partial charge in [-0.25, -0.2) is 4.98 Å². The normalized spacial score (nSPS) is 10.6. The van der Waals surface area contributed by atoms with Crippen LogP contribution in [0, 0.1) is 0 Å². The topological polar surface area (TPSA) is 74.8 Å². The van der Waals surface area contributed by atoms with E-state index in [9.17, 15) is 9.59 Å². The van der Waals surface area contributed by atoms with Gasteiger partial charge in [0.25, 0.3) is 11.5 Å². The lowest BCUT2D eigenvalue weighted by molar-refractivity contribution is 0.0940. The minimum Gasteiger partial charge on any atom is -0.345 e. The number of halogens is 1. The van der Waals surface area contributed by atoms with Crippen molar-refractivity contribution in [2.24, 2.45) is 0 Å². The molecule has 5 nitrogen and oxygen atoms in total. The summed E-state index contributed by atoms with van der Waals surface area (Å²) < 4.78 is 0. The van der Waals surface area contributed by atoms with Crippen molar-refractivity contribution in [3.05, 3.63) is 75.3 Å². The van der Waals surface area contributed by atoms with E-state index in [-0.39, 0.29) is 11.4 Å². The maximum Gasteiger partial charge on any atom is 0.287 e. The molecular formula is C16H12ClN3O2. The molecule has 0 aliphatic heterocycles. The average molecular weight is 314 g/mol. The molecule has 0 spiro atoms. The van der Waals surface area contributed by atoms with E-state index in [4.69, 9.17) is 11.6 Å². The number of para-hydroxylation sites is 1. The van der Waals surface area contributed by atoms with Crippen LogP contribution in [0.2, 0.25) is 5.02 Å². The van der Waals surface area contributed by atoms with Crippen LogP contribution >= 0.6 is 11.6 Å². The highest BCUT2D eigenvalue weighted by Crippen LogP contribution is 2.10. The number of aromatic nitrogens is 2. The van der Waals surface area contributed by atoms with Gasteiger partial charge in [0.2, 0.25) is 0 Å². The van der Waals surface area contributed by atoms with Gasteiger partial charge in [-0.3, -0.25) is 9.59 Å². The van der Waals surface area contributed by atoms with Crippen molar-refractivity contribution in [2.75, 3.05) is 0 Å². The Morgan fingerprint density at radius 2 is 2.00 bits per heavy atom. The van der Waals surface area contributed by atoms with Gasteiger partial charge >= 0.3 is 0 Å². The molecule has 22 heavy (non-hydrogen) atoms. The lowest BCUT2D eigenvalue weighted by atomic mass is 10.2. The van der Waals surface area contributed by atoms with Crippen molar-refractivity contribution in [1.82, 2.24) is 15.3 Å². The SMILES string of the molecule is O=C(NCc1cccc(Cl)c1)c1nc2ccccc2c(=O)[nH]1. The average Bonchev–Trinajstić information content (AvgIpc) is 2.52. The quantitative estimate of drug-likeness (QED) is 0.780. The first-order valence-electron chi connectivity index (χ1n) is 6.65.